The third-order valence-electron chi connectivity index (χ3n) is 4.91. The van der Waals surface area contributed by atoms with Gasteiger partial charge in [-0.15, -0.1) is 0 Å². The van der Waals surface area contributed by atoms with Crippen LogP contribution in [0.1, 0.15) is 31.8 Å². The van der Waals surface area contributed by atoms with Crippen molar-refractivity contribution in [1.82, 2.24) is 0 Å². The molecule has 1 aliphatic heterocycles. The van der Waals surface area contributed by atoms with E-state index < -0.39 is 0 Å². The van der Waals surface area contributed by atoms with E-state index in [1.807, 2.05) is 24.3 Å². The molecule has 0 amide bonds. The smallest absolute Gasteiger partial charge is 0.232 e. The summed E-state index contributed by atoms with van der Waals surface area (Å²) < 4.78 is 16.8. The number of ketones is 2. The van der Waals surface area contributed by atoms with Gasteiger partial charge in [-0.05, 0) is 55.0 Å². The molecule has 0 saturated carbocycles. The Labute approximate surface area is 184 Å². The van der Waals surface area contributed by atoms with Gasteiger partial charge in [0.1, 0.15) is 17.2 Å². The molecule has 0 fully saturated rings. The largest absolute Gasteiger partial charge is 0.496 e. The molecule has 31 heavy (non-hydrogen) atoms. The van der Waals surface area contributed by atoms with Crippen molar-refractivity contribution in [3.05, 3.63) is 93.7 Å². The number of hydrogen-bond acceptors (Lipinski definition) is 5. The third kappa shape index (κ3) is 4.32. The van der Waals surface area contributed by atoms with Crippen molar-refractivity contribution >= 4 is 29.2 Å². The lowest BCUT2D eigenvalue weighted by Crippen LogP contribution is -2.11. The standard InChI is InChI=1S/C25H19ClO5/c1-15-11-19(30-14-20(27)16-7-9-18(26)10-8-16)13-22-24(15)25(28)23(31-22)12-17-5-3-4-6-21(17)29-2/h3-13H,14H2,1-2H3/b23-12-. The van der Waals surface area contributed by atoms with Crippen LogP contribution >= 0.6 is 11.6 Å². The number of rotatable bonds is 6. The highest BCUT2D eigenvalue weighted by atomic mass is 35.5. The second-order valence-corrected chi connectivity index (χ2v) is 7.45. The minimum Gasteiger partial charge on any atom is -0.496 e. The zero-order valence-electron chi connectivity index (χ0n) is 17.0. The fourth-order valence-electron chi connectivity index (χ4n) is 3.36. The molecular formula is C25H19ClO5. The van der Waals surface area contributed by atoms with Gasteiger partial charge in [0.2, 0.25) is 5.78 Å². The van der Waals surface area contributed by atoms with Crippen LogP contribution in [0, 0.1) is 6.92 Å². The molecule has 1 aliphatic rings. The van der Waals surface area contributed by atoms with Gasteiger partial charge in [-0.2, -0.15) is 0 Å². The number of carbonyl (C=O) groups excluding carboxylic acids is 2. The van der Waals surface area contributed by atoms with Crippen molar-refractivity contribution in [2.75, 3.05) is 13.7 Å². The van der Waals surface area contributed by atoms with Crippen molar-refractivity contribution in [1.29, 1.82) is 0 Å². The van der Waals surface area contributed by atoms with Crippen molar-refractivity contribution < 1.29 is 23.8 Å². The first kappa shape index (κ1) is 20.7. The molecular weight excluding hydrogens is 416 g/mol. The maximum Gasteiger partial charge on any atom is 0.232 e. The summed E-state index contributed by atoms with van der Waals surface area (Å²) in [7, 11) is 1.57. The van der Waals surface area contributed by atoms with Gasteiger partial charge < -0.3 is 14.2 Å². The molecule has 0 radical (unpaired) electrons. The van der Waals surface area contributed by atoms with Crippen LogP contribution in [0.25, 0.3) is 6.08 Å². The molecule has 0 N–H and O–H groups in total. The van der Waals surface area contributed by atoms with Crippen LogP contribution in [0.15, 0.2) is 66.4 Å². The van der Waals surface area contributed by atoms with Crippen LogP contribution < -0.4 is 14.2 Å². The molecule has 0 aromatic heterocycles. The number of halogens is 1. The number of Topliss-reactive ketones (excluding diaryl/α,β-unsaturated/α-hetero) is 2. The first-order valence-corrected chi connectivity index (χ1v) is 9.97. The number of methoxy groups -OCH3 is 1. The first-order valence-electron chi connectivity index (χ1n) is 9.59. The average Bonchev–Trinajstić information content (AvgIpc) is 3.08. The summed E-state index contributed by atoms with van der Waals surface area (Å²) in [5.74, 6) is 1.32. The van der Waals surface area contributed by atoms with Gasteiger partial charge in [0.15, 0.2) is 18.1 Å². The van der Waals surface area contributed by atoms with Crippen molar-refractivity contribution in [2.24, 2.45) is 0 Å². The van der Waals surface area contributed by atoms with Gasteiger partial charge in [-0.25, -0.2) is 0 Å². The Morgan fingerprint density at radius 3 is 2.58 bits per heavy atom. The van der Waals surface area contributed by atoms with E-state index in [0.29, 0.717) is 39.0 Å². The van der Waals surface area contributed by atoms with Crippen molar-refractivity contribution in [2.45, 2.75) is 6.92 Å². The lowest BCUT2D eigenvalue weighted by atomic mass is 10.0. The summed E-state index contributed by atoms with van der Waals surface area (Å²) >= 11 is 5.86. The molecule has 3 aromatic carbocycles. The highest BCUT2D eigenvalue weighted by molar-refractivity contribution is 6.30. The third-order valence-corrected chi connectivity index (χ3v) is 5.16. The Kier molecular flexibility index (Phi) is 5.78. The molecule has 0 bridgehead atoms. The molecule has 6 heteroatoms. The Hall–Kier alpha value is -3.57. The molecule has 3 aromatic rings. The quantitative estimate of drug-likeness (QED) is 0.377. The number of carbonyl (C=O) groups is 2. The summed E-state index contributed by atoms with van der Waals surface area (Å²) in [5.41, 5.74) is 2.44. The summed E-state index contributed by atoms with van der Waals surface area (Å²) in [5, 5.41) is 0.561. The van der Waals surface area contributed by atoms with E-state index in [1.165, 1.54) is 0 Å². The van der Waals surface area contributed by atoms with Crippen molar-refractivity contribution in [3.8, 4) is 17.2 Å². The highest BCUT2D eigenvalue weighted by Gasteiger charge is 2.30. The monoisotopic (exact) mass is 434 g/mol. The van der Waals surface area contributed by atoms with Gasteiger partial charge >= 0.3 is 0 Å². The van der Waals surface area contributed by atoms with E-state index in [-0.39, 0.29) is 23.9 Å². The number of benzene rings is 3. The van der Waals surface area contributed by atoms with Gasteiger partial charge in [0.25, 0.3) is 0 Å². The summed E-state index contributed by atoms with van der Waals surface area (Å²) in [6.07, 6.45) is 1.66. The Morgan fingerprint density at radius 2 is 1.84 bits per heavy atom. The number of ether oxygens (including phenoxy) is 3. The molecule has 4 rings (SSSR count). The number of allylic oxidation sites excluding steroid dienone is 1. The van der Waals surface area contributed by atoms with Crippen LogP contribution in [-0.2, 0) is 0 Å². The predicted molar refractivity (Wildman–Crippen MR) is 118 cm³/mol. The summed E-state index contributed by atoms with van der Waals surface area (Å²) in [6, 6.07) is 17.3. The van der Waals surface area contributed by atoms with Gasteiger partial charge in [-0.1, -0.05) is 29.8 Å². The maximum atomic E-state index is 12.9. The molecule has 0 atom stereocenters. The fourth-order valence-corrected chi connectivity index (χ4v) is 3.48. The van der Waals surface area contributed by atoms with Crippen LogP contribution in [0.3, 0.4) is 0 Å². The molecule has 0 aliphatic carbocycles. The normalized spacial score (nSPS) is 13.6. The number of hydrogen-bond donors (Lipinski definition) is 0. The van der Waals surface area contributed by atoms with E-state index >= 15 is 0 Å². The molecule has 5 nitrogen and oxygen atoms in total. The number of para-hydroxylation sites is 1. The minimum atomic E-state index is -0.206. The topological polar surface area (TPSA) is 61.8 Å². The minimum absolute atomic E-state index is 0.141. The number of aryl methyl sites for hydroxylation is 1. The lowest BCUT2D eigenvalue weighted by Gasteiger charge is -2.09. The first-order chi connectivity index (χ1) is 15.0. The molecule has 0 saturated heterocycles. The summed E-state index contributed by atoms with van der Waals surface area (Å²) in [4.78, 5) is 25.2. The Balaban J connectivity index is 1.54. The molecule has 0 spiro atoms. The van der Waals surface area contributed by atoms with E-state index in [1.54, 1.807) is 56.5 Å². The van der Waals surface area contributed by atoms with Crippen molar-refractivity contribution in [3.63, 3.8) is 0 Å². The van der Waals surface area contributed by atoms with E-state index in [4.69, 9.17) is 25.8 Å². The number of fused-ring (bicyclic) bond motifs is 1. The molecule has 0 unspecified atom stereocenters. The second kappa shape index (κ2) is 8.66. The van der Waals surface area contributed by atoms with E-state index in [0.717, 1.165) is 5.56 Å². The van der Waals surface area contributed by atoms with Crippen LogP contribution in [0.4, 0.5) is 0 Å². The maximum absolute atomic E-state index is 12.9. The fraction of sp³-hybridized carbons (Fsp3) is 0.120. The van der Waals surface area contributed by atoms with E-state index in [2.05, 4.69) is 0 Å². The Bertz CT molecular complexity index is 1200. The lowest BCUT2D eigenvalue weighted by molar-refractivity contribution is 0.0920. The van der Waals surface area contributed by atoms with Gasteiger partial charge in [0, 0.05) is 22.2 Å². The highest BCUT2D eigenvalue weighted by Crippen LogP contribution is 2.38. The summed E-state index contributed by atoms with van der Waals surface area (Å²) in [6.45, 7) is 1.66. The van der Waals surface area contributed by atoms with Gasteiger partial charge in [-0.3, -0.25) is 9.59 Å². The Morgan fingerprint density at radius 1 is 1.10 bits per heavy atom. The van der Waals surface area contributed by atoms with Gasteiger partial charge in [0.05, 0.1) is 12.7 Å². The molecule has 1 heterocycles. The zero-order chi connectivity index (χ0) is 22.0. The average molecular weight is 435 g/mol. The van der Waals surface area contributed by atoms with Crippen LogP contribution in [0.2, 0.25) is 5.02 Å². The second-order valence-electron chi connectivity index (χ2n) is 7.01. The SMILES string of the molecule is COc1ccccc1/C=C1\Oc2cc(OCC(=O)c3ccc(Cl)cc3)cc(C)c2C1=O. The zero-order valence-corrected chi connectivity index (χ0v) is 17.7. The predicted octanol–water partition coefficient (Wildman–Crippen LogP) is 5.53. The molecule has 156 valence electrons. The van der Waals surface area contributed by atoms with Crippen LogP contribution in [-0.4, -0.2) is 25.3 Å². The van der Waals surface area contributed by atoms with E-state index in [9.17, 15) is 9.59 Å². The van der Waals surface area contributed by atoms with Crippen LogP contribution in [0.5, 0.6) is 17.2 Å².